The summed E-state index contributed by atoms with van der Waals surface area (Å²) in [6.07, 6.45) is 2.82. The summed E-state index contributed by atoms with van der Waals surface area (Å²) in [6, 6.07) is 0.432. The van der Waals surface area contributed by atoms with Crippen LogP contribution in [-0.4, -0.2) is 48.7 Å². The van der Waals surface area contributed by atoms with E-state index in [-0.39, 0.29) is 11.7 Å². The number of aliphatic hydroxyl groups is 1. The van der Waals surface area contributed by atoms with Crippen molar-refractivity contribution < 1.29 is 14.6 Å². The van der Waals surface area contributed by atoms with Gasteiger partial charge in [-0.1, -0.05) is 13.8 Å². The Labute approximate surface area is 124 Å². The summed E-state index contributed by atoms with van der Waals surface area (Å²) in [4.78, 5) is 0. The molecule has 4 nitrogen and oxygen atoms in total. The fourth-order valence-electron chi connectivity index (χ4n) is 2.77. The summed E-state index contributed by atoms with van der Waals surface area (Å²) in [7, 11) is 0. The molecule has 0 aromatic rings. The molecule has 0 bridgehead atoms. The third-order valence-electron chi connectivity index (χ3n) is 3.72. The first-order valence-electron chi connectivity index (χ1n) is 7.95. The molecule has 0 saturated carbocycles. The van der Waals surface area contributed by atoms with Crippen LogP contribution in [0.2, 0.25) is 0 Å². The van der Waals surface area contributed by atoms with Crippen LogP contribution in [0.15, 0.2) is 0 Å². The van der Waals surface area contributed by atoms with Gasteiger partial charge in [-0.25, -0.2) is 0 Å². The standard InChI is InChI=1S/C16H33NO3/c1-12(2)8-13(3)19-11-15(18)10-17-14-6-7-20-16(4,5)9-14/h12-15,17-18H,6-11H2,1-5H3. The Bertz CT molecular complexity index is 268. The van der Waals surface area contributed by atoms with E-state index in [2.05, 4.69) is 39.9 Å². The molecule has 0 spiro atoms. The van der Waals surface area contributed by atoms with Gasteiger partial charge in [0.15, 0.2) is 0 Å². The van der Waals surface area contributed by atoms with Crippen molar-refractivity contribution in [2.75, 3.05) is 19.8 Å². The summed E-state index contributed by atoms with van der Waals surface area (Å²) in [5, 5.41) is 13.4. The van der Waals surface area contributed by atoms with Gasteiger partial charge < -0.3 is 19.9 Å². The first kappa shape index (κ1) is 17.9. The van der Waals surface area contributed by atoms with Gasteiger partial charge >= 0.3 is 0 Å². The van der Waals surface area contributed by atoms with Crippen LogP contribution >= 0.6 is 0 Å². The van der Waals surface area contributed by atoms with Crippen LogP contribution in [0.1, 0.15) is 53.9 Å². The minimum absolute atomic E-state index is 0.0524. The van der Waals surface area contributed by atoms with E-state index in [4.69, 9.17) is 9.47 Å². The van der Waals surface area contributed by atoms with E-state index in [0.717, 1.165) is 25.9 Å². The van der Waals surface area contributed by atoms with E-state index in [1.807, 2.05) is 0 Å². The Kier molecular flexibility index (Phi) is 7.45. The van der Waals surface area contributed by atoms with E-state index >= 15 is 0 Å². The molecule has 2 N–H and O–H groups in total. The lowest BCUT2D eigenvalue weighted by molar-refractivity contribution is -0.0654. The Hall–Kier alpha value is -0.160. The van der Waals surface area contributed by atoms with Gasteiger partial charge in [0.25, 0.3) is 0 Å². The van der Waals surface area contributed by atoms with Gasteiger partial charge in [-0.3, -0.25) is 0 Å². The average Bonchev–Trinajstić information content (AvgIpc) is 2.32. The Balaban J connectivity index is 2.15. The highest BCUT2D eigenvalue weighted by Crippen LogP contribution is 2.23. The minimum atomic E-state index is -0.435. The zero-order chi connectivity index (χ0) is 15.2. The molecule has 120 valence electrons. The molecule has 0 amide bonds. The minimum Gasteiger partial charge on any atom is -0.389 e. The monoisotopic (exact) mass is 287 g/mol. The second kappa shape index (κ2) is 8.32. The number of aliphatic hydroxyl groups excluding tert-OH is 1. The highest BCUT2D eigenvalue weighted by Gasteiger charge is 2.28. The summed E-state index contributed by atoms with van der Waals surface area (Å²) in [5.74, 6) is 0.629. The van der Waals surface area contributed by atoms with Crippen molar-refractivity contribution in [3.05, 3.63) is 0 Å². The van der Waals surface area contributed by atoms with Crippen molar-refractivity contribution >= 4 is 0 Å². The molecule has 20 heavy (non-hydrogen) atoms. The number of ether oxygens (including phenoxy) is 2. The van der Waals surface area contributed by atoms with Gasteiger partial charge in [-0.05, 0) is 46.0 Å². The van der Waals surface area contributed by atoms with Crippen LogP contribution in [0.4, 0.5) is 0 Å². The first-order chi connectivity index (χ1) is 9.28. The van der Waals surface area contributed by atoms with E-state index in [1.165, 1.54) is 0 Å². The maximum Gasteiger partial charge on any atom is 0.0897 e. The highest BCUT2D eigenvalue weighted by molar-refractivity contribution is 4.83. The lowest BCUT2D eigenvalue weighted by Crippen LogP contribution is -2.46. The second-order valence-corrected chi connectivity index (χ2v) is 7.13. The predicted molar refractivity (Wildman–Crippen MR) is 81.9 cm³/mol. The van der Waals surface area contributed by atoms with Crippen LogP contribution in [0, 0.1) is 5.92 Å². The zero-order valence-electron chi connectivity index (χ0n) is 13.8. The molecule has 0 radical (unpaired) electrons. The Morgan fingerprint density at radius 3 is 2.65 bits per heavy atom. The van der Waals surface area contributed by atoms with Gasteiger partial charge in [0.1, 0.15) is 0 Å². The molecule has 1 aliphatic rings. The summed E-state index contributed by atoms with van der Waals surface area (Å²) in [6.45, 7) is 12.5. The fourth-order valence-corrected chi connectivity index (χ4v) is 2.77. The van der Waals surface area contributed by atoms with Gasteiger partial charge in [0, 0.05) is 19.2 Å². The molecule has 1 saturated heterocycles. The molecule has 0 aliphatic carbocycles. The molecule has 1 rings (SSSR count). The van der Waals surface area contributed by atoms with Crippen LogP contribution in [0.5, 0.6) is 0 Å². The van der Waals surface area contributed by atoms with Gasteiger partial charge in [-0.15, -0.1) is 0 Å². The van der Waals surface area contributed by atoms with Crippen LogP contribution in [0.25, 0.3) is 0 Å². The fraction of sp³-hybridized carbons (Fsp3) is 1.00. The van der Waals surface area contributed by atoms with Crippen LogP contribution in [0.3, 0.4) is 0 Å². The van der Waals surface area contributed by atoms with E-state index in [9.17, 15) is 5.11 Å². The lowest BCUT2D eigenvalue weighted by atomic mass is 9.94. The van der Waals surface area contributed by atoms with Crippen molar-refractivity contribution in [1.29, 1.82) is 0 Å². The van der Waals surface area contributed by atoms with Gasteiger partial charge in [0.05, 0.1) is 24.4 Å². The third kappa shape index (κ3) is 7.58. The maximum absolute atomic E-state index is 9.97. The summed E-state index contributed by atoms with van der Waals surface area (Å²) < 4.78 is 11.4. The number of hydrogen-bond acceptors (Lipinski definition) is 4. The average molecular weight is 287 g/mol. The summed E-state index contributed by atoms with van der Waals surface area (Å²) in [5.41, 5.74) is -0.0524. The number of rotatable bonds is 8. The van der Waals surface area contributed by atoms with Crippen molar-refractivity contribution in [2.24, 2.45) is 5.92 Å². The van der Waals surface area contributed by atoms with Crippen molar-refractivity contribution in [3.8, 4) is 0 Å². The maximum atomic E-state index is 9.97. The van der Waals surface area contributed by atoms with E-state index in [0.29, 0.717) is 25.1 Å². The highest BCUT2D eigenvalue weighted by atomic mass is 16.5. The molecule has 3 atom stereocenters. The molecule has 1 aliphatic heterocycles. The van der Waals surface area contributed by atoms with Crippen molar-refractivity contribution in [3.63, 3.8) is 0 Å². The topological polar surface area (TPSA) is 50.7 Å². The summed E-state index contributed by atoms with van der Waals surface area (Å²) >= 11 is 0. The Morgan fingerprint density at radius 2 is 2.05 bits per heavy atom. The van der Waals surface area contributed by atoms with Gasteiger partial charge in [0.2, 0.25) is 0 Å². The second-order valence-electron chi connectivity index (χ2n) is 7.13. The van der Waals surface area contributed by atoms with E-state index < -0.39 is 6.10 Å². The molecule has 1 fully saturated rings. The first-order valence-corrected chi connectivity index (χ1v) is 7.95. The predicted octanol–water partition coefficient (Wildman–Crippen LogP) is 2.35. The van der Waals surface area contributed by atoms with Crippen molar-refractivity contribution in [1.82, 2.24) is 5.32 Å². The number of nitrogens with one attached hydrogen (secondary N) is 1. The molecular weight excluding hydrogens is 254 g/mol. The smallest absolute Gasteiger partial charge is 0.0897 e. The molecule has 0 aromatic carbocycles. The van der Waals surface area contributed by atoms with Gasteiger partial charge in [-0.2, -0.15) is 0 Å². The van der Waals surface area contributed by atoms with Crippen LogP contribution < -0.4 is 5.32 Å². The molecule has 1 heterocycles. The normalized spacial score (nSPS) is 25.6. The largest absolute Gasteiger partial charge is 0.389 e. The molecular formula is C16H33NO3. The van der Waals surface area contributed by atoms with Crippen molar-refractivity contribution in [2.45, 2.75) is 77.7 Å². The lowest BCUT2D eigenvalue weighted by Gasteiger charge is -2.36. The molecule has 3 unspecified atom stereocenters. The quantitative estimate of drug-likeness (QED) is 0.719. The molecule has 0 aromatic heterocycles. The van der Waals surface area contributed by atoms with Crippen LogP contribution in [-0.2, 0) is 9.47 Å². The zero-order valence-corrected chi connectivity index (χ0v) is 13.8. The number of hydrogen-bond donors (Lipinski definition) is 2. The SMILES string of the molecule is CC(C)CC(C)OCC(O)CNC1CCOC(C)(C)C1. The molecule has 4 heteroatoms. The third-order valence-corrected chi connectivity index (χ3v) is 3.72. The van der Waals surface area contributed by atoms with E-state index in [1.54, 1.807) is 0 Å². The Morgan fingerprint density at radius 1 is 1.35 bits per heavy atom.